The SMILES string of the molecule is CCCCCC(C)(C)c1cc(CCc2cc(C(C)(C)CCCCC)c(OCCCCC3CO3)c(C(C)(C)CCCCC)c2)cc(C(C)(C)CCCCC)c1OCCCCC1CO1. The van der Waals surface area contributed by atoms with E-state index in [-0.39, 0.29) is 21.7 Å². The normalized spacial score (nSPS) is 16.8. The number of rotatable bonds is 35. The van der Waals surface area contributed by atoms with E-state index < -0.39 is 0 Å². The van der Waals surface area contributed by atoms with Gasteiger partial charge in [-0.15, -0.1) is 0 Å². The van der Waals surface area contributed by atoms with Crippen LogP contribution < -0.4 is 9.47 Å². The summed E-state index contributed by atoms with van der Waals surface area (Å²) in [6.07, 6.45) is 29.6. The first-order chi connectivity index (χ1) is 29.6. The molecular weight excluding hydrogens is 761 g/mol. The summed E-state index contributed by atoms with van der Waals surface area (Å²) < 4.78 is 25.2. The molecule has 0 aromatic heterocycles. The molecule has 4 heteroatoms. The molecule has 2 aliphatic heterocycles. The van der Waals surface area contributed by atoms with E-state index in [1.807, 2.05) is 0 Å². The molecule has 4 nitrogen and oxygen atoms in total. The molecular formula is C58H98O4. The van der Waals surface area contributed by atoms with Gasteiger partial charge in [-0.05, 0) is 110 Å². The second-order valence-electron chi connectivity index (χ2n) is 22.5. The van der Waals surface area contributed by atoms with Gasteiger partial charge in [0.2, 0.25) is 0 Å². The first-order valence-corrected chi connectivity index (χ1v) is 26.4. The summed E-state index contributed by atoms with van der Waals surface area (Å²) in [5.41, 5.74) is 8.75. The molecule has 4 rings (SSSR count). The molecule has 2 atom stereocenters. The Morgan fingerprint density at radius 3 is 0.935 bits per heavy atom. The Kier molecular flexibility index (Phi) is 21.7. The average Bonchev–Trinajstić information content (AvgIpc) is 4.17. The summed E-state index contributed by atoms with van der Waals surface area (Å²) in [6.45, 7) is 32.7. The number of hydrogen-bond acceptors (Lipinski definition) is 4. The van der Waals surface area contributed by atoms with Crippen molar-refractivity contribution in [1.82, 2.24) is 0 Å². The number of aryl methyl sites for hydroxylation is 2. The Balaban J connectivity index is 1.79. The Hall–Kier alpha value is -2.04. The Morgan fingerprint density at radius 1 is 0.419 bits per heavy atom. The van der Waals surface area contributed by atoms with Crippen molar-refractivity contribution in [2.75, 3.05) is 26.4 Å². The molecule has 0 spiro atoms. The van der Waals surface area contributed by atoms with Crippen molar-refractivity contribution in [3.63, 3.8) is 0 Å². The van der Waals surface area contributed by atoms with Crippen molar-refractivity contribution in [2.45, 2.75) is 271 Å². The van der Waals surface area contributed by atoms with Crippen LogP contribution in [-0.4, -0.2) is 38.6 Å². The lowest BCUT2D eigenvalue weighted by atomic mass is 9.72. The molecule has 2 saturated heterocycles. The highest BCUT2D eigenvalue weighted by Crippen LogP contribution is 2.47. The van der Waals surface area contributed by atoms with E-state index >= 15 is 0 Å². The fraction of sp³-hybridized carbons (Fsp3) is 0.793. The second-order valence-corrected chi connectivity index (χ2v) is 22.5. The van der Waals surface area contributed by atoms with Gasteiger partial charge in [-0.1, -0.05) is 184 Å². The van der Waals surface area contributed by atoms with Gasteiger partial charge in [-0.2, -0.15) is 0 Å². The third-order valence-corrected chi connectivity index (χ3v) is 14.7. The van der Waals surface area contributed by atoms with Gasteiger partial charge in [0.05, 0.1) is 38.6 Å². The minimum atomic E-state index is 0.0205. The van der Waals surface area contributed by atoms with Crippen LogP contribution in [0.1, 0.15) is 258 Å². The first-order valence-electron chi connectivity index (χ1n) is 26.4. The van der Waals surface area contributed by atoms with E-state index in [4.69, 9.17) is 18.9 Å². The third kappa shape index (κ3) is 17.1. The average molecular weight is 859 g/mol. The smallest absolute Gasteiger partial charge is 0.126 e. The van der Waals surface area contributed by atoms with Gasteiger partial charge in [-0.3, -0.25) is 0 Å². The van der Waals surface area contributed by atoms with Crippen molar-refractivity contribution in [1.29, 1.82) is 0 Å². The van der Waals surface area contributed by atoms with Crippen LogP contribution in [-0.2, 0) is 44.0 Å². The van der Waals surface area contributed by atoms with Crippen LogP contribution in [0.4, 0.5) is 0 Å². The number of unbranched alkanes of at least 4 members (excludes halogenated alkanes) is 10. The highest BCUT2D eigenvalue weighted by molar-refractivity contribution is 5.53. The number of benzene rings is 2. The molecule has 0 N–H and O–H groups in total. The zero-order valence-electron chi connectivity index (χ0n) is 42.9. The molecule has 0 aliphatic carbocycles. The summed E-state index contributed by atoms with van der Waals surface area (Å²) >= 11 is 0. The van der Waals surface area contributed by atoms with Gasteiger partial charge >= 0.3 is 0 Å². The van der Waals surface area contributed by atoms with Crippen molar-refractivity contribution < 1.29 is 18.9 Å². The number of epoxide rings is 2. The maximum absolute atomic E-state index is 7.07. The van der Waals surface area contributed by atoms with Crippen molar-refractivity contribution >= 4 is 0 Å². The van der Waals surface area contributed by atoms with Crippen LogP contribution >= 0.6 is 0 Å². The monoisotopic (exact) mass is 859 g/mol. The topological polar surface area (TPSA) is 43.5 Å². The summed E-state index contributed by atoms with van der Waals surface area (Å²) in [5, 5.41) is 0. The summed E-state index contributed by atoms with van der Waals surface area (Å²) in [7, 11) is 0. The van der Waals surface area contributed by atoms with Crippen LogP contribution in [0.25, 0.3) is 0 Å². The van der Waals surface area contributed by atoms with Crippen LogP contribution in [0.5, 0.6) is 11.5 Å². The van der Waals surface area contributed by atoms with Gasteiger partial charge in [0.1, 0.15) is 11.5 Å². The van der Waals surface area contributed by atoms with Gasteiger partial charge in [0.25, 0.3) is 0 Å². The molecule has 354 valence electrons. The van der Waals surface area contributed by atoms with Crippen molar-refractivity contribution in [3.8, 4) is 11.5 Å². The molecule has 2 heterocycles. The van der Waals surface area contributed by atoms with Crippen molar-refractivity contribution in [3.05, 3.63) is 57.6 Å². The third-order valence-electron chi connectivity index (χ3n) is 14.7. The molecule has 2 fully saturated rings. The van der Waals surface area contributed by atoms with Crippen LogP contribution in [0.15, 0.2) is 24.3 Å². The number of ether oxygens (including phenoxy) is 4. The Labute approximate surface area is 384 Å². The first kappa shape index (κ1) is 52.6. The lowest BCUT2D eigenvalue weighted by molar-refractivity contribution is 0.278. The second kappa shape index (κ2) is 25.6. The summed E-state index contributed by atoms with van der Waals surface area (Å²) in [5.74, 6) is 2.38. The fourth-order valence-electron chi connectivity index (χ4n) is 9.85. The molecule has 2 unspecified atom stereocenters. The summed E-state index contributed by atoms with van der Waals surface area (Å²) in [4.78, 5) is 0. The lowest BCUT2D eigenvalue weighted by Crippen LogP contribution is -2.25. The molecule has 62 heavy (non-hydrogen) atoms. The van der Waals surface area contributed by atoms with Gasteiger partial charge in [0, 0.05) is 22.3 Å². The molecule has 0 amide bonds. The standard InChI is InChI=1S/C58H98O4/c1-13-17-23-33-55(5,6)49-39-45(40-50(56(7,8)34-24-18-14-2)53(49)59-37-27-21-29-47-43-61-47)31-32-46-41-51(57(9,10)35-25-19-15-3)54(60-38-28-22-30-48-44-62-48)52(42-46)58(11,12)36-26-20-16-4/h39-42,47-48H,13-38,43-44H2,1-12H3. The Morgan fingerprint density at radius 2 is 0.694 bits per heavy atom. The van der Waals surface area contributed by atoms with E-state index in [2.05, 4.69) is 107 Å². The van der Waals surface area contributed by atoms with Gasteiger partial charge in [0.15, 0.2) is 0 Å². The van der Waals surface area contributed by atoms with Gasteiger partial charge in [-0.25, -0.2) is 0 Å². The zero-order chi connectivity index (χ0) is 45.2. The number of hydrogen-bond donors (Lipinski definition) is 0. The molecule has 0 radical (unpaired) electrons. The molecule has 2 aromatic rings. The van der Waals surface area contributed by atoms with E-state index in [0.717, 1.165) is 65.0 Å². The predicted molar refractivity (Wildman–Crippen MR) is 267 cm³/mol. The molecule has 0 saturated carbocycles. The van der Waals surface area contributed by atoms with Crippen LogP contribution in [0, 0.1) is 0 Å². The highest BCUT2D eigenvalue weighted by atomic mass is 16.6. The van der Waals surface area contributed by atoms with Crippen molar-refractivity contribution in [2.24, 2.45) is 0 Å². The van der Waals surface area contributed by atoms with E-state index in [0.29, 0.717) is 12.2 Å². The fourth-order valence-corrected chi connectivity index (χ4v) is 9.85. The maximum atomic E-state index is 7.07. The summed E-state index contributed by atoms with van der Waals surface area (Å²) in [6, 6.07) is 10.3. The molecule has 2 aliphatic rings. The van der Waals surface area contributed by atoms with E-state index in [9.17, 15) is 0 Å². The minimum absolute atomic E-state index is 0.0205. The van der Waals surface area contributed by atoms with Crippen LogP contribution in [0.2, 0.25) is 0 Å². The quantitative estimate of drug-likeness (QED) is 0.0512. The van der Waals surface area contributed by atoms with E-state index in [1.165, 1.54) is 160 Å². The largest absolute Gasteiger partial charge is 0.493 e. The molecule has 2 aromatic carbocycles. The lowest BCUT2D eigenvalue weighted by Gasteiger charge is -2.35. The van der Waals surface area contributed by atoms with Gasteiger partial charge < -0.3 is 18.9 Å². The van der Waals surface area contributed by atoms with E-state index in [1.54, 1.807) is 0 Å². The zero-order valence-corrected chi connectivity index (χ0v) is 42.9. The molecule has 0 bridgehead atoms. The van der Waals surface area contributed by atoms with Crippen LogP contribution in [0.3, 0.4) is 0 Å². The maximum Gasteiger partial charge on any atom is 0.126 e. The highest BCUT2D eigenvalue weighted by Gasteiger charge is 2.35. The minimum Gasteiger partial charge on any atom is -0.493 e. The predicted octanol–water partition coefficient (Wildman–Crippen LogP) is 16.8. The Bertz CT molecular complexity index is 1370.